The predicted octanol–water partition coefficient (Wildman–Crippen LogP) is 0.686. The molecule has 0 aromatic carbocycles. The fourth-order valence-corrected chi connectivity index (χ4v) is 0.604. The molecule has 2 N–H and O–H groups in total. The van der Waals surface area contributed by atoms with Crippen molar-refractivity contribution in [3.63, 3.8) is 0 Å². The van der Waals surface area contributed by atoms with Gasteiger partial charge < -0.3 is 10.2 Å². The van der Waals surface area contributed by atoms with Crippen LogP contribution in [-0.2, 0) is 0 Å². The molecule has 64 valence electrons. The Morgan fingerprint density at radius 3 is 1.91 bits per heavy atom. The summed E-state index contributed by atoms with van der Waals surface area (Å²) < 4.78 is 0. The first-order valence-electron chi connectivity index (χ1n) is 3.90. The van der Waals surface area contributed by atoms with Crippen molar-refractivity contribution in [1.82, 2.24) is 0 Å². The maximum absolute atomic E-state index is 8.71. The Bertz CT molecular complexity index is 123. The highest BCUT2D eigenvalue weighted by molar-refractivity contribution is 6.63. The van der Waals surface area contributed by atoms with Crippen molar-refractivity contribution in [3.8, 4) is 0 Å². The lowest BCUT2D eigenvalue weighted by molar-refractivity contribution is 0.331. The molecular weight excluding hydrogens is 139 g/mol. The zero-order valence-electron chi connectivity index (χ0n) is 7.54. The summed E-state index contributed by atoms with van der Waals surface area (Å²) in [6, 6.07) is 0. The van der Waals surface area contributed by atoms with E-state index >= 15 is 0 Å². The van der Waals surface area contributed by atoms with Gasteiger partial charge in [0, 0.05) is 13.0 Å². The van der Waals surface area contributed by atoms with Crippen LogP contribution in [0.3, 0.4) is 0 Å². The Labute approximate surface area is 69.0 Å². The van der Waals surface area contributed by atoms with Crippen molar-refractivity contribution >= 4 is 6.71 Å². The van der Waals surface area contributed by atoms with Gasteiger partial charge >= 0.3 is 0 Å². The summed E-state index contributed by atoms with van der Waals surface area (Å²) >= 11 is 0. The number of hydrogen-bond donors (Lipinski definition) is 2. The molecule has 0 aliphatic heterocycles. The highest BCUT2D eigenvalue weighted by atomic mass is 16.3. The summed E-state index contributed by atoms with van der Waals surface area (Å²) in [6.45, 7) is 6.17. The normalized spacial score (nSPS) is 12.5. The third kappa shape index (κ3) is 6.14. The minimum Gasteiger partial charge on any atom is -0.404 e. The van der Waals surface area contributed by atoms with Crippen molar-refractivity contribution in [2.24, 2.45) is 5.41 Å². The van der Waals surface area contributed by atoms with Crippen LogP contribution < -0.4 is 0 Å². The summed E-state index contributed by atoms with van der Waals surface area (Å²) in [7, 11) is 0. The van der Waals surface area contributed by atoms with Gasteiger partial charge in [0.25, 0.3) is 0 Å². The SMILES string of the molecule is CC(C)(C)C=CB(CO)CO. The van der Waals surface area contributed by atoms with Crippen LogP contribution >= 0.6 is 0 Å². The van der Waals surface area contributed by atoms with Gasteiger partial charge in [0.2, 0.25) is 6.71 Å². The molecule has 0 aliphatic carbocycles. The Balaban J connectivity index is 3.89. The van der Waals surface area contributed by atoms with Gasteiger partial charge in [-0.3, -0.25) is 0 Å². The minimum atomic E-state index is -0.103. The predicted molar refractivity (Wildman–Crippen MR) is 48.5 cm³/mol. The fourth-order valence-electron chi connectivity index (χ4n) is 0.604. The zero-order chi connectivity index (χ0) is 8.91. The van der Waals surface area contributed by atoms with Crippen LogP contribution in [0.1, 0.15) is 20.8 Å². The van der Waals surface area contributed by atoms with E-state index in [1.807, 2.05) is 12.1 Å². The third-order valence-electron chi connectivity index (χ3n) is 1.34. The molecule has 0 saturated heterocycles. The molecule has 0 aliphatic rings. The quantitative estimate of drug-likeness (QED) is 0.590. The second-order valence-electron chi connectivity index (χ2n) is 3.85. The van der Waals surface area contributed by atoms with Crippen LogP contribution in [0.15, 0.2) is 12.1 Å². The van der Waals surface area contributed by atoms with Gasteiger partial charge in [-0.2, -0.15) is 0 Å². The van der Waals surface area contributed by atoms with Gasteiger partial charge in [-0.15, -0.1) is 5.98 Å². The summed E-state index contributed by atoms with van der Waals surface area (Å²) in [5, 5.41) is 17.4. The summed E-state index contributed by atoms with van der Waals surface area (Å²) in [5.41, 5.74) is 0.128. The van der Waals surface area contributed by atoms with Crippen molar-refractivity contribution in [3.05, 3.63) is 12.1 Å². The fraction of sp³-hybridized carbons (Fsp3) is 0.750. The molecular formula is C8H17BO2. The first-order valence-corrected chi connectivity index (χ1v) is 3.90. The Kier molecular flexibility index (Phi) is 4.46. The maximum atomic E-state index is 8.71. The van der Waals surface area contributed by atoms with Crippen LogP contribution in [0.25, 0.3) is 0 Å². The van der Waals surface area contributed by atoms with Crippen molar-refractivity contribution in [1.29, 1.82) is 0 Å². The molecule has 0 heterocycles. The highest BCUT2D eigenvalue weighted by Gasteiger charge is 2.09. The number of rotatable bonds is 3. The lowest BCUT2D eigenvalue weighted by atomic mass is 9.51. The van der Waals surface area contributed by atoms with Gasteiger partial charge in [-0.1, -0.05) is 26.8 Å². The van der Waals surface area contributed by atoms with Gasteiger partial charge in [0.1, 0.15) is 0 Å². The molecule has 0 unspecified atom stereocenters. The van der Waals surface area contributed by atoms with E-state index in [0.717, 1.165) is 0 Å². The second-order valence-corrected chi connectivity index (χ2v) is 3.85. The van der Waals surface area contributed by atoms with E-state index in [4.69, 9.17) is 10.2 Å². The molecule has 0 amide bonds. The van der Waals surface area contributed by atoms with Crippen molar-refractivity contribution < 1.29 is 10.2 Å². The third-order valence-corrected chi connectivity index (χ3v) is 1.34. The highest BCUT2D eigenvalue weighted by Crippen LogP contribution is 2.14. The first kappa shape index (κ1) is 10.7. The molecule has 0 rings (SSSR count). The van der Waals surface area contributed by atoms with Crippen molar-refractivity contribution in [2.45, 2.75) is 20.8 Å². The molecule has 0 spiro atoms. The Morgan fingerprint density at radius 2 is 1.64 bits per heavy atom. The maximum Gasteiger partial charge on any atom is 0.225 e. The number of aliphatic hydroxyl groups excluding tert-OH is 2. The molecule has 2 nitrogen and oxygen atoms in total. The number of allylic oxidation sites excluding steroid dienone is 1. The largest absolute Gasteiger partial charge is 0.404 e. The smallest absolute Gasteiger partial charge is 0.225 e. The summed E-state index contributed by atoms with van der Waals surface area (Å²) in [5.74, 6) is 1.86. The van der Waals surface area contributed by atoms with Gasteiger partial charge in [-0.05, 0) is 5.41 Å². The molecule has 11 heavy (non-hydrogen) atoms. The molecule has 0 saturated carbocycles. The van der Waals surface area contributed by atoms with Crippen LogP contribution in [0, 0.1) is 5.41 Å². The van der Waals surface area contributed by atoms with E-state index in [1.54, 1.807) is 0 Å². The average molecular weight is 156 g/mol. The minimum absolute atomic E-state index is 0.0169. The molecule has 0 aromatic rings. The van der Waals surface area contributed by atoms with E-state index in [9.17, 15) is 0 Å². The second kappa shape index (κ2) is 4.57. The lowest BCUT2D eigenvalue weighted by Crippen LogP contribution is -2.22. The molecule has 0 fully saturated rings. The Morgan fingerprint density at radius 1 is 1.18 bits per heavy atom. The molecule has 0 atom stereocenters. The average Bonchev–Trinajstić information content (AvgIpc) is 1.88. The molecule has 3 heteroatoms. The van der Waals surface area contributed by atoms with Gasteiger partial charge in [-0.25, -0.2) is 0 Å². The molecule has 0 aromatic heterocycles. The van der Waals surface area contributed by atoms with Crippen LogP contribution in [-0.4, -0.2) is 29.9 Å². The Hall–Kier alpha value is -0.275. The standard InChI is InChI=1S/C8H17BO2/c1-8(2,3)4-5-9(6-10)7-11/h4-5,10-11H,6-7H2,1-3H3. The van der Waals surface area contributed by atoms with E-state index < -0.39 is 0 Å². The van der Waals surface area contributed by atoms with E-state index in [0.29, 0.717) is 0 Å². The molecule has 0 bridgehead atoms. The van der Waals surface area contributed by atoms with E-state index in [1.165, 1.54) is 0 Å². The van der Waals surface area contributed by atoms with Crippen LogP contribution in [0.2, 0.25) is 0 Å². The van der Waals surface area contributed by atoms with E-state index in [2.05, 4.69) is 20.8 Å². The lowest BCUT2D eigenvalue weighted by Gasteiger charge is -2.12. The summed E-state index contributed by atoms with van der Waals surface area (Å²) in [6.07, 6.45) is 2.00. The monoisotopic (exact) mass is 156 g/mol. The van der Waals surface area contributed by atoms with E-state index in [-0.39, 0.29) is 25.1 Å². The molecule has 0 radical (unpaired) electrons. The zero-order valence-corrected chi connectivity index (χ0v) is 7.54. The van der Waals surface area contributed by atoms with Crippen LogP contribution in [0.4, 0.5) is 0 Å². The number of aliphatic hydroxyl groups is 2. The van der Waals surface area contributed by atoms with Crippen molar-refractivity contribution in [2.75, 3.05) is 13.0 Å². The van der Waals surface area contributed by atoms with Gasteiger partial charge in [0.15, 0.2) is 0 Å². The first-order chi connectivity index (χ1) is 4.99. The van der Waals surface area contributed by atoms with Crippen LogP contribution in [0.5, 0.6) is 0 Å². The summed E-state index contributed by atoms with van der Waals surface area (Å²) in [4.78, 5) is 0. The van der Waals surface area contributed by atoms with Gasteiger partial charge in [0.05, 0.1) is 0 Å². The topological polar surface area (TPSA) is 40.5 Å². The number of hydrogen-bond acceptors (Lipinski definition) is 2.